The van der Waals surface area contributed by atoms with Crippen LogP contribution in [-0.2, 0) is 13.2 Å². The standard InChI is InChI=1S/C12H9BrF3N3O/c1-19-6-9(13)10(18-19)11(20)17-8-4-2-7(3-5-8)12(14,15)16/h2-6H,1H3,(H,17,20). The van der Waals surface area contributed by atoms with E-state index in [1.54, 1.807) is 13.2 Å². The second-order valence-electron chi connectivity index (χ2n) is 4.03. The SMILES string of the molecule is Cn1cc(Br)c(C(=O)Nc2ccc(C(F)(F)F)cc2)n1. The molecule has 0 unspecified atom stereocenters. The largest absolute Gasteiger partial charge is 0.416 e. The van der Waals surface area contributed by atoms with Crippen molar-refractivity contribution < 1.29 is 18.0 Å². The Morgan fingerprint density at radius 1 is 1.30 bits per heavy atom. The first-order valence-electron chi connectivity index (χ1n) is 5.45. The van der Waals surface area contributed by atoms with Crippen molar-refractivity contribution in [2.45, 2.75) is 6.18 Å². The van der Waals surface area contributed by atoms with Crippen LogP contribution in [0.4, 0.5) is 18.9 Å². The molecule has 0 bridgehead atoms. The smallest absolute Gasteiger partial charge is 0.321 e. The van der Waals surface area contributed by atoms with Gasteiger partial charge in [0.05, 0.1) is 10.0 Å². The predicted octanol–water partition coefficient (Wildman–Crippen LogP) is 3.45. The normalized spacial score (nSPS) is 11.4. The van der Waals surface area contributed by atoms with Gasteiger partial charge in [0.15, 0.2) is 5.69 Å². The molecule has 1 amide bonds. The lowest BCUT2D eigenvalue weighted by Crippen LogP contribution is -2.14. The Morgan fingerprint density at radius 3 is 2.35 bits per heavy atom. The third kappa shape index (κ3) is 3.19. The van der Waals surface area contributed by atoms with Gasteiger partial charge in [0.2, 0.25) is 0 Å². The number of carbonyl (C=O) groups is 1. The zero-order valence-electron chi connectivity index (χ0n) is 10.2. The monoisotopic (exact) mass is 347 g/mol. The molecule has 0 aliphatic heterocycles. The van der Waals surface area contributed by atoms with Crippen molar-refractivity contribution in [1.29, 1.82) is 0 Å². The molecule has 1 aromatic carbocycles. The third-order valence-electron chi connectivity index (χ3n) is 2.47. The molecule has 4 nitrogen and oxygen atoms in total. The maximum absolute atomic E-state index is 12.4. The second kappa shape index (κ2) is 5.28. The van der Waals surface area contributed by atoms with Crippen LogP contribution in [0, 0.1) is 0 Å². The fraction of sp³-hybridized carbons (Fsp3) is 0.167. The molecule has 0 fully saturated rings. The van der Waals surface area contributed by atoms with Gasteiger partial charge in [0.25, 0.3) is 5.91 Å². The number of aryl methyl sites for hydroxylation is 1. The van der Waals surface area contributed by atoms with Gasteiger partial charge in [-0.25, -0.2) is 0 Å². The van der Waals surface area contributed by atoms with Crippen LogP contribution in [0.2, 0.25) is 0 Å². The lowest BCUT2D eigenvalue weighted by molar-refractivity contribution is -0.137. The fourth-order valence-corrected chi connectivity index (χ4v) is 2.10. The summed E-state index contributed by atoms with van der Waals surface area (Å²) >= 11 is 3.18. The zero-order valence-corrected chi connectivity index (χ0v) is 11.8. The number of benzene rings is 1. The maximum Gasteiger partial charge on any atom is 0.416 e. The van der Waals surface area contributed by atoms with Crippen LogP contribution in [0.5, 0.6) is 0 Å². The van der Waals surface area contributed by atoms with Gasteiger partial charge in [-0.3, -0.25) is 9.48 Å². The molecular formula is C12H9BrF3N3O. The van der Waals surface area contributed by atoms with Crippen LogP contribution in [0.25, 0.3) is 0 Å². The topological polar surface area (TPSA) is 46.9 Å². The zero-order chi connectivity index (χ0) is 14.9. The summed E-state index contributed by atoms with van der Waals surface area (Å²) in [7, 11) is 1.65. The summed E-state index contributed by atoms with van der Waals surface area (Å²) in [6.07, 6.45) is -2.80. The highest BCUT2D eigenvalue weighted by atomic mass is 79.9. The summed E-state index contributed by atoms with van der Waals surface area (Å²) in [6, 6.07) is 4.20. The number of hydrogen-bond acceptors (Lipinski definition) is 2. The van der Waals surface area contributed by atoms with Gasteiger partial charge < -0.3 is 5.32 Å². The molecule has 0 spiro atoms. The van der Waals surface area contributed by atoms with Crippen LogP contribution in [-0.4, -0.2) is 15.7 Å². The summed E-state index contributed by atoms with van der Waals surface area (Å²) in [5.74, 6) is -0.503. The van der Waals surface area contributed by atoms with Crippen LogP contribution in [0.3, 0.4) is 0 Å². The maximum atomic E-state index is 12.4. The quantitative estimate of drug-likeness (QED) is 0.904. The van der Waals surface area contributed by atoms with Gasteiger partial charge in [-0.15, -0.1) is 0 Å². The molecule has 0 saturated heterocycles. The summed E-state index contributed by atoms with van der Waals surface area (Å²) in [5, 5.41) is 6.42. The van der Waals surface area contributed by atoms with E-state index in [0.29, 0.717) is 4.47 Å². The second-order valence-corrected chi connectivity index (χ2v) is 4.88. The number of anilines is 1. The molecule has 2 aromatic rings. The molecule has 0 saturated carbocycles. The minimum Gasteiger partial charge on any atom is -0.321 e. The molecule has 106 valence electrons. The van der Waals surface area contributed by atoms with Gasteiger partial charge in [-0.05, 0) is 40.2 Å². The molecule has 1 N–H and O–H groups in total. The number of hydrogen-bond donors (Lipinski definition) is 1. The minimum atomic E-state index is -4.40. The van der Waals surface area contributed by atoms with E-state index < -0.39 is 17.6 Å². The average molecular weight is 348 g/mol. The molecule has 0 atom stereocenters. The van der Waals surface area contributed by atoms with E-state index in [2.05, 4.69) is 26.3 Å². The van der Waals surface area contributed by atoms with E-state index in [1.165, 1.54) is 16.8 Å². The Bertz CT molecular complexity index is 634. The van der Waals surface area contributed by atoms with Crippen LogP contribution in [0.15, 0.2) is 34.9 Å². The lowest BCUT2D eigenvalue weighted by atomic mass is 10.2. The van der Waals surface area contributed by atoms with Gasteiger partial charge in [0, 0.05) is 18.9 Å². The Labute approximate surface area is 120 Å². The fourth-order valence-electron chi connectivity index (χ4n) is 1.55. The van der Waals surface area contributed by atoms with Crippen molar-refractivity contribution in [3.05, 3.63) is 46.2 Å². The van der Waals surface area contributed by atoms with Crippen molar-refractivity contribution >= 4 is 27.5 Å². The van der Waals surface area contributed by atoms with Gasteiger partial charge in [0.1, 0.15) is 0 Å². The Hall–Kier alpha value is -1.83. The highest BCUT2D eigenvalue weighted by Crippen LogP contribution is 2.29. The van der Waals surface area contributed by atoms with Gasteiger partial charge in [-0.2, -0.15) is 18.3 Å². The van der Waals surface area contributed by atoms with E-state index in [4.69, 9.17) is 0 Å². The number of nitrogens with one attached hydrogen (secondary N) is 1. The van der Waals surface area contributed by atoms with Crippen molar-refractivity contribution in [2.75, 3.05) is 5.32 Å². The van der Waals surface area contributed by atoms with Crippen molar-refractivity contribution in [3.63, 3.8) is 0 Å². The third-order valence-corrected chi connectivity index (χ3v) is 3.05. The summed E-state index contributed by atoms with van der Waals surface area (Å²) in [4.78, 5) is 11.9. The number of nitrogens with zero attached hydrogens (tertiary/aromatic N) is 2. The number of aromatic nitrogens is 2. The Kier molecular flexibility index (Phi) is 3.85. The molecule has 20 heavy (non-hydrogen) atoms. The molecule has 0 aliphatic rings. The van der Waals surface area contributed by atoms with E-state index in [0.717, 1.165) is 12.1 Å². The number of rotatable bonds is 2. The first-order valence-corrected chi connectivity index (χ1v) is 6.24. The van der Waals surface area contributed by atoms with Gasteiger partial charge >= 0.3 is 6.18 Å². The Morgan fingerprint density at radius 2 is 1.90 bits per heavy atom. The number of amides is 1. The van der Waals surface area contributed by atoms with Crippen LogP contribution >= 0.6 is 15.9 Å². The predicted molar refractivity (Wildman–Crippen MR) is 70.3 cm³/mol. The minimum absolute atomic E-state index is 0.160. The summed E-state index contributed by atoms with van der Waals surface area (Å²) < 4.78 is 39.1. The van der Waals surface area contributed by atoms with E-state index in [9.17, 15) is 18.0 Å². The molecule has 0 radical (unpaired) electrons. The number of halogens is 4. The van der Waals surface area contributed by atoms with E-state index >= 15 is 0 Å². The van der Waals surface area contributed by atoms with Crippen LogP contribution < -0.4 is 5.32 Å². The molecular weight excluding hydrogens is 339 g/mol. The van der Waals surface area contributed by atoms with Crippen molar-refractivity contribution in [3.8, 4) is 0 Å². The molecule has 1 aromatic heterocycles. The van der Waals surface area contributed by atoms with Crippen LogP contribution in [0.1, 0.15) is 16.1 Å². The highest BCUT2D eigenvalue weighted by Gasteiger charge is 2.30. The van der Waals surface area contributed by atoms with Crippen molar-refractivity contribution in [2.24, 2.45) is 7.05 Å². The highest BCUT2D eigenvalue weighted by molar-refractivity contribution is 9.10. The molecule has 0 aliphatic carbocycles. The first-order chi connectivity index (χ1) is 9.27. The van der Waals surface area contributed by atoms with E-state index in [1.807, 2.05) is 0 Å². The Balaban J connectivity index is 2.14. The molecule has 8 heteroatoms. The number of carbonyl (C=O) groups excluding carboxylic acids is 1. The van der Waals surface area contributed by atoms with Gasteiger partial charge in [-0.1, -0.05) is 0 Å². The molecule has 2 rings (SSSR count). The first kappa shape index (κ1) is 14.6. The number of alkyl halides is 3. The van der Waals surface area contributed by atoms with E-state index in [-0.39, 0.29) is 11.4 Å². The molecule has 1 heterocycles. The average Bonchev–Trinajstić information content (AvgIpc) is 2.68. The van der Waals surface area contributed by atoms with Crippen molar-refractivity contribution in [1.82, 2.24) is 9.78 Å². The summed E-state index contributed by atoms with van der Waals surface area (Å²) in [5.41, 5.74) is -0.345. The summed E-state index contributed by atoms with van der Waals surface area (Å²) in [6.45, 7) is 0. The lowest BCUT2D eigenvalue weighted by Gasteiger charge is -2.08.